The van der Waals surface area contributed by atoms with Crippen LogP contribution in [-0.4, -0.2) is 17.5 Å². The fourth-order valence-corrected chi connectivity index (χ4v) is 5.25. The molecule has 1 atom stereocenters. The van der Waals surface area contributed by atoms with Crippen LogP contribution < -0.4 is 0 Å². The van der Waals surface area contributed by atoms with E-state index in [1.54, 1.807) is 42.5 Å². The first-order valence-electron chi connectivity index (χ1n) is 9.63. The van der Waals surface area contributed by atoms with Gasteiger partial charge in [0.05, 0.1) is 10.4 Å². The number of benzene rings is 4. The highest BCUT2D eigenvalue weighted by molar-refractivity contribution is 7.90. The summed E-state index contributed by atoms with van der Waals surface area (Å²) in [4.78, 5) is 0.206. The van der Waals surface area contributed by atoms with Gasteiger partial charge in [-0.05, 0) is 40.6 Å². The number of aromatic nitrogens is 1. The molecule has 1 N–H and O–H groups in total. The Labute approximate surface area is 174 Å². The second-order valence-electron chi connectivity index (χ2n) is 7.22. The van der Waals surface area contributed by atoms with Crippen LogP contribution in [0.5, 0.6) is 0 Å². The van der Waals surface area contributed by atoms with Crippen molar-refractivity contribution in [3.8, 4) is 0 Å². The molecule has 5 heteroatoms. The second kappa shape index (κ2) is 7.13. The van der Waals surface area contributed by atoms with Gasteiger partial charge in [0.1, 0.15) is 6.10 Å². The maximum Gasteiger partial charge on any atom is 0.268 e. The van der Waals surface area contributed by atoms with Crippen LogP contribution in [0.4, 0.5) is 0 Å². The van der Waals surface area contributed by atoms with Crippen molar-refractivity contribution in [3.63, 3.8) is 0 Å². The van der Waals surface area contributed by atoms with Gasteiger partial charge in [0.15, 0.2) is 0 Å². The zero-order valence-corrected chi connectivity index (χ0v) is 16.8. The molecule has 0 saturated heterocycles. The zero-order valence-electron chi connectivity index (χ0n) is 16.0. The smallest absolute Gasteiger partial charge is 0.268 e. The van der Waals surface area contributed by atoms with Crippen molar-refractivity contribution < 1.29 is 13.5 Å². The third-order valence-electron chi connectivity index (χ3n) is 5.39. The van der Waals surface area contributed by atoms with Crippen molar-refractivity contribution >= 4 is 31.7 Å². The normalized spacial score (nSPS) is 13.0. The van der Waals surface area contributed by atoms with Crippen LogP contribution in [-0.2, 0) is 10.0 Å². The van der Waals surface area contributed by atoms with E-state index in [2.05, 4.69) is 0 Å². The summed E-state index contributed by atoms with van der Waals surface area (Å²) in [7, 11) is -3.79. The molecule has 4 nitrogen and oxygen atoms in total. The van der Waals surface area contributed by atoms with E-state index in [0.29, 0.717) is 22.0 Å². The Morgan fingerprint density at radius 2 is 1.40 bits per heavy atom. The minimum atomic E-state index is -3.79. The van der Waals surface area contributed by atoms with Crippen molar-refractivity contribution in [2.45, 2.75) is 11.0 Å². The Kier molecular flexibility index (Phi) is 4.42. The van der Waals surface area contributed by atoms with E-state index in [1.165, 1.54) is 10.2 Å². The van der Waals surface area contributed by atoms with E-state index in [9.17, 15) is 13.5 Å². The fraction of sp³-hybridized carbons (Fsp3) is 0.0400. The predicted octanol–water partition coefficient (Wildman–Crippen LogP) is 5.11. The average molecular weight is 413 g/mol. The molecule has 0 bridgehead atoms. The molecule has 0 aliphatic heterocycles. The minimum absolute atomic E-state index is 0.206. The van der Waals surface area contributed by atoms with Crippen LogP contribution in [0.1, 0.15) is 17.2 Å². The monoisotopic (exact) mass is 413 g/mol. The van der Waals surface area contributed by atoms with Gasteiger partial charge in [-0.1, -0.05) is 72.8 Å². The van der Waals surface area contributed by atoms with Crippen LogP contribution in [0.2, 0.25) is 0 Å². The minimum Gasteiger partial charge on any atom is -0.384 e. The van der Waals surface area contributed by atoms with E-state index in [0.717, 1.165) is 10.8 Å². The first-order valence-corrected chi connectivity index (χ1v) is 11.1. The van der Waals surface area contributed by atoms with Gasteiger partial charge < -0.3 is 5.11 Å². The summed E-state index contributed by atoms with van der Waals surface area (Å²) in [6.07, 6.45) is 0.582. The summed E-state index contributed by atoms with van der Waals surface area (Å²) in [5.41, 5.74) is 1.81. The van der Waals surface area contributed by atoms with Crippen LogP contribution in [0.15, 0.2) is 108 Å². The van der Waals surface area contributed by atoms with E-state index in [-0.39, 0.29) is 4.90 Å². The van der Waals surface area contributed by atoms with Gasteiger partial charge in [0.2, 0.25) is 0 Å². The zero-order chi connectivity index (χ0) is 20.7. The molecule has 1 aromatic heterocycles. The van der Waals surface area contributed by atoms with E-state index < -0.39 is 16.1 Å². The Morgan fingerprint density at radius 1 is 0.733 bits per heavy atom. The number of para-hydroxylation sites is 1. The number of nitrogens with zero attached hydrogens (tertiary/aromatic N) is 1. The SMILES string of the molecule is O=S(=O)(c1ccccc1)n1cc(C(O)c2ccc3ccccc3c2)c2ccccc21. The van der Waals surface area contributed by atoms with Crippen LogP contribution >= 0.6 is 0 Å². The maximum absolute atomic E-state index is 13.3. The van der Waals surface area contributed by atoms with Gasteiger partial charge in [-0.3, -0.25) is 0 Å². The van der Waals surface area contributed by atoms with Crippen molar-refractivity contribution in [2.75, 3.05) is 0 Å². The molecule has 5 rings (SSSR count). The average Bonchev–Trinajstić information content (AvgIpc) is 3.19. The molecule has 148 valence electrons. The molecule has 0 radical (unpaired) electrons. The van der Waals surface area contributed by atoms with E-state index >= 15 is 0 Å². The lowest BCUT2D eigenvalue weighted by Gasteiger charge is -2.11. The number of hydrogen-bond acceptors (Lipinski definition) is 3. The van der Waals surface area contributed by atoms with Crippen LogP contribution in [0, 0.1) is 0 Å². The van der Waals surface area contributed by atoms with Gasteiger partial charge in [-0.15, -0.1) is 0 Å². The molecule has 30 heavy (non-hydrogen) atoms. The summed E-state index contributed by atoms with van der Waals surface area (Å²) in [6.45, 7) is 0. The lowest BCUT2D eigenvalue weighted by Crippen LogP contribution is -2.11. The van der Waals surface area contributed by atoms with Gasteiger partial charge in [0.25, 0.3) is 10.0 Å². The molecule has 0 fully saturated rings. The first-order chi connectivity index (χ1) is 14.6. The lowest BCUT2D eigenvalue weighted by molar-refractivity contribution is 0.222. The Morgan fingerprint density at radius 3 is 2.20 bits per heavy atom. The summed E-state index contributed by atoms with van der Waals surface area (Å²) >= 11 is 0. The molecule has 0 aliphatic rings. The van der Waals surface area contributed by atoms with E-state index in [1.807, 2.05) is 54.6 Å². The molecule has 0 spiro atoms. The van der Waals surface area contributed by atoms with Gasteiger partial charge >= 0.3 is 0 Å². The van der Waals surface area contributed by atoms with Gasteiger partial charge in [-0.2, -0.15) is 0 Å². The highest BCUT2D eigenvalue weighted by Gasteiger charge is 2.24. The molecule has 5 aromatic rings. The molecular formula is C25H19NO3S. The summed E-state index contributed by atoms with van der Waals surface area (Å²) in [5, 5.41) is 14.0. The lowest BCUT2D eigenvalue weighted by atomic mass is 9.98. The van der Waals surface area contributed by atoms with Gasteiger partial charge in [-0.25, -0.2) is 12.4 Å². The molecule has 1 heterocycles. The molecule has 1 unspecified atom stereocenters. The molecule has 0 amide bonds. The van der Waals surface area contributed by atoms with Crippen LogP contribution in [0.3, 0.4) is 0 Å². The highest BCUT2D eigenvalue weighted by atomic mass is 32.2. The van der Waals surface area contributed by atoms with E-state index in [4.69, 9.17) is 0 Å². The standard InChI is InChI=1S/C25H19NO3S/c27-25(20-15-14-18-8-4-5-9-19(18)16-20)23-17-26(24-13-7-6-12-22(23)24)30(28,29)21-10-2-1-3-11-21/h1-17,25,27H. The molecule has 4 aromatic carbocycles. The molecule has 0 aliphatic carbocycles. The number of aliphatic hydroxyl groups excluding tert-OH is 1. The van der Waals surface area contributed by atoms with Crippen molar-refractivity contribution in [1.29, 1.82) is 0 Å². The van der Waals surface area contributed by atoms with Gasteiger partial charge in [0, 0.05) is 17.1 Å². The van der Waals surface area contributed by atoms with Crippen molar-refractivity contribution in [3.05, 3.63) is 114 Å². The predicted molar refractivity (Wildman–Crippen MR) is 119 cm³/mol. The summed E-state index contributed by atoms with van der Waals surface area (Å²) in [6, 6.07) is 29.3. The number of rotatable bonds is 4. The molecular weight excluding hydrogens is 394 g/mol. The Balaban J connectivity index is 1.68. The second-order valence-corrected chi connectivity index (χ2v) is 9.04. The largest absolute Gasteiger partial charge is 0.384 e. The Bertz CT molecular complexity index is 1470. The fourth-order valence-electron chi connectivity index (χ4n) is 3.86. The van der Waals surface area contributed by atoms with Crippen molar-refractivity contribution in [2.24, 2.45) is 0 Å². The number of hydrogen-bond donors (Lipinski definition) is 1. The number of fused-ring (bicyclic) bond motifs is 2. The number of aliphatic hydroxyl groups is 1. The highest BCUT2D eigenvalue weighted by Crippen LogP contribution is 2.33. The Hall–Kier alpha value is -3.41. The van der Waals surface area contributed by atoms with Crippen LogP contribution in [0.25, 0.3) is 21.7 Å². The summed E-state index contributed by atoms with van der Waals surface area (Å²) < 4.78 is 27.8. The maximum atomic E-state index is 13.3. The van der Waals surface area contributed by atoms with Crippen molar-refractivity contribution in [1.82, 2.24) is 3.97 Å². The quantitative estimate of drug-likeness (QED) is 0.445. The first kappa shape index (κ1) is 18.6. The third kappa shape index (κ3) is 3.00. The molecule has 0 saturated carbocycles. The third-order valence-corrected chi connectivity index (χ3v) is 7.08. The summed E-state index contributed by atoms with van der Waals surface area (Å²) in [5.74, 6) is 0. The topological polar surface area (TPSA) is 59.3 Å².